The van der Waals surface area contributed by atoms with Gasteiger partial charge in [0.05, 0.1) is 42.7 Å². The largest absolute Gasteiger partial charge is 0.354 e. The van der Waals surface area contributed by atoms with Gasteiger partial charge in [-0.05, 0) is 48.8 Å². The fourth-order valence-corrected chi connectivity index (χ4v) is 6.58. The molecule has 178 valence electrons. The Labute approximate surface area is 198 Å². The number of carbonyl (C=O) groups is 1. The maximum absolute atomic E-state index is 12.8. The van der Waals surface area contributed by atoms with E-state index in [0.717, 1.165) is 48.1 Å². The van der Waals surface area contributed by atoms with E-state index < -0.39 is 10.0 Å². The number of terminal acetylenes is 1. The second-order valence-corrected chi connectivity index (χ2v) is 11.1. The number of hydrogen-bond donors (Lipinski definition) is 1. The summed E-state index contributed by atoms with van der Waals surface area (Å²) in [5, 5.41) is 9.14. The van der Waals surface area contributed by atoms with Crippen LogP contribution in [0.1, 0.15) is 54.5 Å². The maximum Gasteiger partial charge on any atom is 0.298 e. The first-order valence-electron chi connectivity index (χ1n) is 11.5. The predicted molar refractivity (Wildman–Crippen MR) is 127 cm³/mol. The number of carbonyl (C=O) groups excluding carboxylic acids is 1. The van der Waals surface area contributed by atoms with Crippen LogP contribution in [0.5, 0.6) is 0 Å². The zero-order valence-electron chi connectivity index (χ0n) is 19.1. The monoisotopic (exact) mass is 481 g/mol. The van der Waals surface area contributed by atoms with Gasteiger partial charge in [0.2, 0.25) is 10.0 Å². The molecular formula is C24H27N5O4S. The Morgan fingerprint density at radius 3 is 2.82 bits per heavy atom. The highest BCUT2D eigenvalue weighted by molar-refractivity contribution is 7.92. The Morgan fingerprint density at radius 2 is 2.06 bits per heavy atom. The third kappa shape index (κ3) is 4.40. The van der Waals surface area contributed by atoms with Gasteiger partial charge in [0.1, 0.15) is 0 Å². The molecule has 1 N–H and O–H groups in total. The van der Waals surface area contributed by atoms with Gasteiger partial charge in [-0.2, -0.15) is 5.10 Å². The van der Waals surface area contributed by atoms with Gasteiger partial charge in [-0.3, -0.25) is 14.2 Å². The van der Waals surface area contributed by atoms with Crippen LogP contribution in [0.2, 0.25) is 0 Å². The molecule has 0 atom stereocenters. The quantitative estimate of drug-likeness (QED) is 0.542. The van der Waals surface area contributed by atoms with E-state index in [1.165, 1.54) is 6.42 Å². The topological polar surface area (TPSA) is 110 Å². The minimum atomic E-state index is -3.52. The van der Waals surface area contributed by atoms with Crippen molar-refractivity contribution < 1.29 is 17.7 Å². The molecule has 5 rings (SSSR count). The summed E-state index contributed by atoms with van der Waals surface area (Å²) in [5.41, 5.74) is 4.24. The van der Waals surface area contributed by atoms with Gasteiger partial charge in [-0.15, -0.1) is 6.42 Å². The SMILES string of the molecule is C#CC(=O)N1Cc2cnn(Cc3cc(C)c4c(NS(=O)(=O)CC5CCCCC5)noc4c3)c2C1. The van der Waals surface area contributed by atoms with Crippen molar-refractivity contribution in [2.75, 3.05) is 10.5 Å². The van der Waals surface area contributed by atoms with Crippen molar-refractivity contribution in [3.63, 3.8) is 0 Å². The predicted octanol–water partition coefficient (Wildman–Crippen LogP) is 3.18. The summed E-state index contributed by atoms with van der Waals surface area (Å²) < 4.78 is 35.5. The standard InChI is InChI=1S/C24H27N5O4S/c1-3-22(30)28-13-19-11-25-29(20(19)14-28)12-18-9-16(2)23-21(10-18)33-26-24(23)27-34(31,32)15-17-7-5-4-6-8-17/h1,9-11,17H,4-8,12-15H2,2H3,(H,26,27). The Hall–Kier alpha value is -3.32. The fourth-order valence-electron chi connectivity index (χ4n) is 5.11. The van der Waals surface area contributed by atoms with E-state index in [-0.39, 0.29) is 23.4 Å². The number of aryl methyl sites for hydroxylation is 1. The Morgan fingerprint density at radius 1 is 1.26 bits per heavy atom. The molecule has 0 radical (unpaired) electrons. The molecule has 2 aromatic heterocycles. The molecule has 1 amide bonds. The summed E-state index contributed by atoms with van der Waals surface area (Å²) in [7, 11) is -3.52. The summed E-state index contributed by atoms with van der Waals surface area (Å²) in [6.45, 7) is 3.27. The molecule has 9 nitrogen and oxygen atoms in total. The molecule has 1 aromatic carbocycles. The minimum absolute atomic E-state index is 0.113. The van der Waals surface area contributed by atoms with Crippen LogP contribution in [0.3, 0.4) is 0 Å². The van der Waals surface area contributed by atoms with E-state index in [0.29, 0.717) is 30.6 Å². The molecule has 1 fully saturated rings. The summed E-state index contributed by atoms with van der Waals surface area (Å²) in [4.78, 5) is 13.5. The average molecular weight is 482 g/mol. The number of rotatable bonds is 6. The van der Waals surface area contributed by atoms with Crippen LogP contribution < -0.4 is 4.72 Å². The number of benzene rings is 1. The van der Waals surface area contributed by atoms with Gasteiger partial charge in [0.25, 0.3) is 5.91 Å². The van der Waals surface area contributed by atoms with E-state index in [4.69, 9.17) is 10.9 Å². The molecule has 0 unspecified atom stereocenters. The highest BCUT2D eigenvalue weighted by atomic mass is 32.2. The second-order valence-electron chi connectivity index (χ2n) is 9.28. The van der Waals surface area contributed by atoms with Crippen molar-refractivity contribution >= 4 is 32.7 Å². The normalized spacial score (nSPS) is 16.5. The van der Waals surface area contributed by atoms with Crippen molar-refractivity contribution in [1.29, 1.82) is 0 Å². The molecule has 0 spiro atoms. The van der Waals surface area contributed by atoms with Crippen molar-refractivity contribution in [2.24, 2.45) is 5.92 Å². The first kappa shape index (κ1) is 22.5. The van der Waals surface area contributed by atoms with Crippen LogP contribution in [-0.2, 0) is 34.5 Å². The summed E-state index contributed by atoms with van der Waals surface area (Å²) in [6.07, 6.45) is 12.3. The molecule has 0 saturated heterocycles. The molecule has 3 heterocycles. The van der Waals surface area contributed by atoms with Crippen LogP contribution in [0.25, 0.3) is 11.0 Å². The molecule has 2 aliphatic rings. The number of aromatic nitrogens is 3. The number of nitrogens with one attached hydrogen (secondary N) is 1. The lowest BCUT2D eigenvalue weighted by Crippen LogP contribution is -2.24. The molecule has 34 heavy (non-hydrogen) atoms. The van der Waals surface area contributed by atoms with E-state index in [1.807, 2.05) is 23.7 Å². The molecular weight excluding hydrogens is 454 g/mol. The second kappa shape index (κ2) is 8.80. The number of hydrogen-bond acceptors (Lipinski definition) is 6. The molecule has 0 bridgehead atoms. The number of anilines is 1. The summed E-state index contributed by atoms with van der Waals surface area (Å²) in [6, 6.07) is 3.83. The van der Waals surface area contributed by atoms with Crippen molar-refractivity contribution in [2.45, 2.75) is 58.7 Å². The summed E-state index contributed by atoms with van der Waals surface area (Å²) >= 11 is 0. The third-order valence-electron chi connectivity index (χ3n) is 6.74. The lowest BCUT2D eigenvalue weighted by Gasteiger charge is -2.21. The van der Waals surface area contributed by atoms with Crippen molar-refractivity contribution in [1.82, 2.24) is 19.8 Å². The van der Waals surface area contributed by atoms with Crippen LogP contribution in [0.15, 0.2) is 22.9 Å². The molecule has 1 aliphatic carbocycles. The average Bonchev–Trinajstić information content (AvgIpc) is 3.49. The lowest BCUT2D eigenvalue weighted by molar-refractivity contribution is -0.125. The van der Waals surface area contributed by atoms with E-state index in [9.17, 15) is 13.2 Å². The van der Waals surface area contributed by atoms with E-state index in [2.05, 4.69) is 20.9 Å². The third-order valence-corrected chi connectivity index (χ3v) is 8.16. The van der Waals surface area contributed by atoms with Crippen molar-refractivity contribution in [3.8, 4) is 12.3 Å². The van der Waals surface area contributed by atoms with Gasteiger partial charge in [0, 0.05) is 5.56 Å². The molecule has 3 aromatic rings. The summed E-state index contributed by atoms with van der Waals surface area (Å²) in [5.74, 6) is 2.37. The van der Waals surface area contributed by atoms with Crippen LogP contribution >= 0.6 is 0 Å². The Kier molecular flexibility index (Phi) is 5.81. The molecule has 10 heteroatoms. The first-order chi connectivity index (χ1) is 16.3. The minimum Gasteiger partial charge on any atom is -0.354 e. The Balaban J connectivity index is 1.34. The number of nitrogens with zero attached hydrogens (tertiary/aromatic N) is 4. The molecule has 1 saturated carbocycles. The van der Waals surface area contributed by atoms with E-state index in [1.54, 1.807) is 11.1 Å². The fraction of sp³-hybridized carbons (Fsp3) is 0.458. The number of fused-ring (bicyclic) bond motifs is 2. The maximum atomic E-state index is 12.8. The molecule has 1 aliphatic heterocycles. The zero-order chi connectivity index (χ0) is 23.9. The van der Waals surface area contributed by atoms with Crippen molar-refractivity contribution in [3.05, 3.63) is 40.7 Å². The Bertz CT molecular complexity index is 1390. The van der Waals surface area contributed by atoms with Crippen LogP contribution in [-0.4, -0.2) is 39.9 Å². The number of sulfonamides is 1. The van der Waals surface area contributed by atoms with Crippen LogP contribution in [0, 0.1) is 25.2 Å². The van der Waals surface area contributed by atoms with Crippen LogP contribution in [0.4, 0.5) is 5.82 Å². The zero-order valence-corrected chi connectivity index (χ0v) is 19.9. The van der Waals surface area contributed by atoms with Gasteiger partial charge < -0.3 is 9.42 Å². The smallest absolute Gasteiger partial charge is 0.298 e. The van der Waals surface area contributed by atoms with Gasteiger partial charge in [0.15, 0.2) is 11.4 Å². The van der Waals surface area contributed by atoms with E-state index >= 15 is 0 Å². The first-order valence-corrected chi connectivity index (χ1v) is 13.2. The van der Waals surface area contributed by atoms with Gasteiger partial charge in [-0.25, -0.2) is 8.42 Å². The highest BCUT2D eigenvalue weighted by Gasteiger charge is 2.27. The van der Waals surface area contributed by atoms with Gasteiger partial charge in [-0.1, -0.05) is 30.5 Å². The lowest BCUT2D eigenvalue weighted by atomic mass is 9.91. The number of amides is 1. The highest BCUT2D eigenvalue weighted by Crippen LogP contribution is 2.31. The van der Waals surface area contributed by atoms with Gasteiger partial charge >= 0.3 is 0 Å².